The Morgan fingerprint density at radius 1 is 0.926 bits per heavy atom. The summed E-state index contributed by atoms with van der Waals surface area (Å²) < 4.78 is 0. The van der Waals surface area contributed by atoms with Gasteiger partial charge in [-0.2, -0.15) is 0 Å². The van der Waals surface area contributed by atoms with E-state index in [0.717, 1.165) is 41.1 Å². The molecule has 0 aliphatic heterocycles. The van der Waals surface area contributed by atoms with E-state index < -0.39 is 0 Å². The highest BCUT2D eigenvalue weighted by molar-refractivity contribution is 5.94. The Morgan fingerprint density at radius 2 is 1.67 bits per heavy atom. The van der Waals surface area contributed by atoms with Gasteiger partial charge in [0.05, 0.1) is 0 Å². The van der Waals surface area contributed by atoms with E-state index in [1.54, 1.807) is 11.1 Å². The van der Waals surface area contributed by atoms with E-state index in [-0.39, 0.29) is 5.91 Å². The lowest BCUT2D eigenvalue weighted by atomic mass is 9.56. The molecule has 5 unspecified atom stereocenters. The minimum Gasteiger partial charge on any atom is -0.352 e. The maximum absolute atomic E-state index is 12.2. The molecular formula is C25H27NO. The average molecular weight is 357 g/mol. The Labute approximate surface area is 161 Å². The van der Waals surface area contributed by atoms with Crippen molar-refractivity contribution in [2.45, 2.75) is 50.4 Å². The molecule has 3 bridgehead atoms. The Kier molecular flexibility index (Phi) is 3.36. The Bertz CT molecular complexity index is 904. The number of amides is 1. The van der Waals surface area contributed by atoms with Crippen LogP contribution in [0.5, 0.6) is 0 Å². The Balaban J connectivity index is 1.18. The molecule has 6 rings (SSSR count). The van der Waals surface area contributed by atoms with Crippen molar-refractivity contribution in [3.63, 3.8) is 0 Å². The fraction of sp³-hybridized carbons (Fsp3) is 0.480. The van der Waals surface area contributed by atoms with Gasteiger partial charge in [0.1, 0.15) is 0 Å². The van der Waals surface area contributed by atoms with Gasteiger partial charge in [-0.1, -0.05) is 36.4 Å². The first kappa shape index (κ1) is 15.9. The first-order valence-electron chi connectivity index (χ1n) is 10.7. The van der Waals surface area contributed by atoms with Gasteiger partial charge in [0.25, 0.3) is 5.91 Å². The van der Waals surface area contributed by atoms with Crippen molar-refractivity contribution in [3.8, 4) is 0 Å². The van der Waals surface area contributed by atoms with E-state index in [2.05, 4.69) is 23.5 Å². The first-order chi connectivity index (χ1) is 13.2. The van der Waals surface area contributed by atoms with Crippen LogP contribution in [0.2, 0.25) is 0 Å². The lowest BCUT2D eigenvalue weighted by Gasteiger charge is -2.48. The zero-order valence-corrected chi connectivity index (χ0v) is 15.8. The third-order valence-corrected chi connectivity index (χ3v) is 8.35. The van der Waals surface area contributed by atoms with Crippen molar-refractivity contribution < 1.29 is 4.79 Å². The summed E-state index contributed by atoms with van der Waals surface area (Å²) in [5, 5.41) is 3.07. The maximum atomic E-state index is 12.2. The van der Waals surface area contributed by atoms with Crippen molar-refractivity contribution >= 4 is 5.91 Å². The summed E-state index contributed by atoms with van der Waals surface area (Å²) in [5.41, 5.74) is 6.19. The molecule has 0 saturated heterocycles. The van der Waals surface area contributed by atoms with Crippen LogP contribution in [-0.2, 0) is 6.42 Å². The van der Waals surface area contributed by atoms with Crippen LogP contribution >= 0.6 is 0 Å². The van der Waals surface area contributed by atoms with Gasteiger partial charge in [0, 0.05) is 12.1 Å². The highest BCUT2D eigenvalue weighted by atomic mass is 16.1. The predicted octanol–water partition coefficient (Wildman–Crippen LogP) is 5.05. The molecule has 138 valence electrons. The molecule has 3 fully saturated rings. The van der Waals surface area contributed by atoms with Crippen LogP contribution in [-0.4, -0.2) is 12.5 Å². The van der Waals surface area contributed by atoms with E-state index in [1.807, 2.05) is 30.3 Å². The zero-order valence-electron chi connectivity index (χ0n) is 15.8. The summed E-state index contributed by atoms with van der Waals surface area (Å²) in [4.78, 5) is 12.2. The molecule has 1 spiro atoms. The molecule has 3 saturated carbocycles. The highest BCUT2D eigenvalue weighted by Crippen LogP contribution is 2.75. The second-order valence-corrected chi connectivity index (χ2v) is 9.47. The van der Waals surface area contributed by atoms with E-state index in [1.165, 1.54) is 37.7 Å². The summed E-state index contributed by atoms with van der Waals surface area (Å²) in [6.45, 7) is 0.704. The maximum Gasteiger partial charge on any atom is 0.251 e. The molecule has 2 aromatic rings. The molecule has 2 heteroatoms. The van der Waals surface area contributed by atoms with E-state index in [4.69, 9.17) is 0 Å². The van der Waals surface area contributed by atoms with Crippen LogP contribution in [0.3, 0.4) is 0 Å². The Hall–Kier alpha value is -2.09. The zero-order chi connectivity index (χ0) is 18.0. The van der Waals surface area contributed by atoms with Gasteiger partial charge in [0.15, 0.2) is 0 Å². The number of hydrogen-bond donors (Lipinski definition) is 1. The smallest absolute Gasteiger partial charge is 0.251 e. The number of nitrogens with one attached hydrogen (secondary N) is 1. The van der Waals surface area contributed by atoms with Crippen LogP contribution in [0.25, 0.3) is 0 Å². The molecule has 5 atom stereocenters. The van der Waals surface area contributed by atoms with Crippen molar-refractivity contribution in [1.82, 2.24) is 5.32 Å². The van der Waals surface area contributed by atoms with Crippen LogP contribution < -0.4 is 5.32 Å². The fourth-order valence-corrected chi connectivity index (χ4v) is 7.16. The largest absolute Gasteiger partial charge is 0.352 e. The molecule has 1 N–H and O–H groups in total. The van der Waals surface area contributed by atoms with Crippen molar-refractivity contribution in [2.24, 2.45) is 17.3 Å². The molecule has 0 heterocycles. The van der Waals surface area contributed by atoms with Crippen molar-refractivity contribution in [2.75, 3.05) is 6.54 Å². The number of benzene rings is 2. The van der Waals surface area contributed by atoms with Crippen LogP contribution in [0.1, 0.15) is 71.0 Å². The van der Waals surface area contributed by atoms with Gasteiger partial charge in [-0.3, -0.25) is 4.79 Å². The third kappa shape index (κ3) is 2.28. The van der Waals surface area contributed by atoms with Gasteiger partial charge in [-0.05, 0) is 96.4 Å². The summed E-state index contributed by atoms with van der Waals surface area (Å²) in [6.07, 6.45) is 8.24. The first-order valence-corrected chi connectivity index (χ1v) is 10.7. The standard InChI is InChI=1S/C25H27NO/c27-24(17-4-2-1-3-5-17)26-9-8-16-6-7-22-18-11-20-13-21-12-19(23(22)10-16)15-25(20,21)14-18/h1-7,10,18-21H,8-9,11-15H2,(H,26,27). The number of carbonyl (C=O) groups excluding carboxylic acids is 1. The number of rotatable bonds is 4. The lowest BCUT2D eigenvalue weighted by molar-refractivity contribution is 0.00322. The topological polar surface area (TPSA) is 29.1 Å². The number of carbonyl (C=O) groups is 1. The summed E-state index contributed by atoms with van der Waals surface area (Å²) in [6, 6.07) is 16.7. The van der Waals surface area contributed by atoms with Crippen molar-refractivity contribution in [1.29, 1.82) is 0 Å². The second-order valence-electron chi connectivity index (χ2n) is 9.47. The molecule has 27 heavy (non-hydrogen) atoms. The molecule has 0 radical (unpaired) electrons. The van der Waals surface area contributed by atoms with Crippen LogP contribution in [0.15, 0.2) is 48.5 Å². The SMILES string of the molecule is O=C(NCCc1ccc2c(c1)C1CC3CC4CC2CC43C1)c1ccccc1. The van der Waals surface area contributed by atoms with Gasteiger partial charge in [0.2, 0.25) is 0 Å². The fourth-order valence-electron chi connectivity index (χ4n) is 7.16. The monoisotopic (exact) mass is 357 g/mol. The quantitative estimate of drug-likeness (QED) is 0.815. The molecule has 1 amide bonds. The third-order valence-electron chi connectivity index (χ3n) is 8.35. The van der Waals surface area contributed by atoms with E-state index in [9.17, 15) is 4.79 Å². The minimum absolute atomic E-state index is 0.0279. The molecule has 2 nitrogen and oxygen atoms in total. The minimum atomic E-state index is 0.0279. The predicted molar refractivity (Wildman–Crippen MR) is 107 cm³/mol. The Morgan fingerprint density at radius 3 is 2.44 bits per heavy atom. The van der Waals surface area contributed by atoms with Gasteiger partial charge in [-0.15, -0.1) is 0 Å². The molecular weight excluding hydrogens is 330 g/mol. The van der Waals surface area contributed by atoms with Crippen molar-refractivity contribution in [3.05, 3.63) is 70.8 Å². The molecule has 0 aromatic heterocycles. The molecule has 4 aliphatic rings. The second kappa shape index (κ2) is 5.70. The average Bonchev–Trinajstić information content (AvgIpc) is 3.12. The van der Waals surface area contributed by atoms with E-state index >= 15 is 0 Å². The lowest BCUT2D eigenvalue weighted by Crippen LogP contribution is -2.41. The van der Waals surface area contributed by atoms with Gasteiger partial charge < -0.3 is 5.32 Å². The highest BCUT2D eigenvalue weighted by Gasteiger charge is 2.65. The molecule has 4 aliphatic carbocycles. The summed E-state index contributed by atoms with van der Waals surface area (Å²) >= 11 is 0. The van der Waals surface area contributed by atoms with Crippen LogP contribution in [0, 0.1) is 17.3 Å². The number of hydrogen-bond acceptors (Lipinski definition) is 1. The normalized spacial score (nSPS) is 34.5. The summed E-state index contributed by atoms with van der Waals surface area (Å²) in [7, 11) is 0. The summed E-state index contributed by atoms with van der Waals surface area (Å²) in [5.74, 6) is 3.73. The number of fused-ring (bicyclic) bond motifs is 5. The van der Waals surface area contributed by atoms with Gasteiger partial charge >= 0.3 is 0 Å². The van der Waals surface area contributed by atoms with Gasteiger partial charge in [-0.25, -0.2) is 0 Å². The van der Waals surface area contributed by atoms with Crippen LogP contribution in [0.4, 0.5) is 0 Å². The van der Waals surface area contributed by atoms with E-state index in [0.29, 0.717) is 6.54 Å². The molecule has 2 aromatic carbocycles.